The molecule has 0 aliphatic carbocycles. The molecule has 0 bridgehead atoms. The van der Waals surface area contributed by atoms with Crippen molar-refractivity contribution < 1.29 is 40.8 Å². The average molecular weight is 589 g/mol. The number of benzene rings is 2. The maximum atomic E-state index is 14.6. The maximum Gasteiger partial charge on any atom is 0.473 e. The lowest BCUT2D eigenvalue weighted by Gasteiger charge is -2.31. The monoisotopic (exact) mass is 588 g/mol. The first kappa shape index (κ1) is 31.1. The number of fused-ring (bicyclic) bond motifs is 1. The third-order valence-corrected chi connectivity index (χ3v) is 8.78. The van der Waals surface area contributed by atoms with Gasteiger partial charge in [-0.2, -0.15) is 18.2 Å². The molecule has 1 amide bonds. The Morgan fingerprint density at radius 2 is 1.77 bits per heavy atom. The Labute approximate surface area is 227 Å². The van der Waals surface area contributed by atoms with E-state index in [0.29, 0.717) is 16.7 Å². The fourth-order valence-corrected chi connectivity index (χ4v) is 4.75. The van der Waals surface area contributed by atoms with E-state index in [-0.39, 0.29) is 24.0 Å². The molecule has 218 valence electrons. The molecule has 0 aliphatic rings. The molecule has 0 spiro atoms. The first-order chi connectivity index (χ1) is 18.5. The Hall–Kier alpha value is -3.40. The predicted molar refractivity (Wildman–Crippen MR) is 137 cm³/mol. The number of rotatable bonds is 10. The Morgan fingerprint density at radius 1 is 1.15 bits per heavy atom. The molecule has 3 rings (SSSR count). The number of aromatic nitrogens is 2. The van der Waals surface area contributed by atoms with Crippen LogP contribution in [0.5, 0.6) is 0 Å². The molecule has 0 radical (unpaired) electrons. The molecule has 10 nitrogen and oxygen atoms in total. The highest BCUT2D eigenvalue weighted by molar-refractivity contribution is 7.92. The van der Waals surface area contributed by atoms with E-state index in [2.05, 4.69) is 4.98 Å². The third-order valence-electron chi connectivity index (χ3n) is 6.65. The predicted octanol–water partition coefficient (Wildman–Crippen LogP) is 3.17. The molecule has 3 aromatic rings. The highest BCUT2D eigenvalue weighted by Gasteiger charge is 2.46. The fourth-order valence-electron chi connectivity index (χ4n) is 3.93. The standard InChI is InChI=1S/C25H28F4N4O6S/c1-24(40(4,37)38,14-33(36)23(35)25(27,28)29)9-10-32-15-30-21-12-17(7-8-19(21)22(32)34)16-5-6-18(20(26)11-16)13-31(2)39-3/h5-8,11-12,15,36H,9-10,13-14H2,1-4H3/t24-/m1/s1. The van der Waals surface area contributed by atoms with Crippen LogP contribution in [0.25, 0.3) is 22.0 Å². The van der Waals surface area contributed by atoms with Gasteiger partial charge in [0.15, 0.2) is 9.84 Å². The summed E-state index contributed by atoms with van der Waals surface area (Å²) in [4.78, 5) is 33.6. The molecule has 1 N–H and O–H groups in total. The number of hydrogen-bond acceptors (Lipinski definition) is 8. The van der Waals surface area contributed by atoms with E-state index in [1.54, 1.807) is 31.3 Å². The van der Waals surface area contributed by atoms with E-state index in [0.717, 1.165) is 24.1 Å². The number of amides is 1. The lowest BCUT2D eigenvalue weighted by molar-refractivity contribution is -0.216. The summed E-state index contributed by atoms with van der Waals surface area (Å²) >= 11 is 0. The molecular formula is C25H28F4N4O6S. The zero-order valence-corrected chi connectivity index (χ0v) is 22.9. The molecule has 0 aliphatic heterocycles. The van der Waals surface area contributed by atoms with E-state index in [1.165, 1.54) is 24.3 Å². The largest absolute Gasteiger partial charge is 0.473 e. The third kappa shape index (κ3) is 6.83. The van der Waals surface area contributed by atoms with E-state index in [9.17, 15) is 40.8 Å². The summed E-state index contributed by atoms with van der Waals surface area (Å²) in [6.07, 6.45) is -3.91. The second kappa shape index (κ2) is 11.6. The van der Waals surface area contributed by atoms with Crippen molar-refractivity contribution >= 4 is 26.6 Å². The van der Waals surface area contributed by atoms with Crippen molar-refractivity contribution in [3.63, 3.8) is 0 Å². The molecule has 2 aromatic carbocycles. The Morgan fingerprint density at radius 3 is 2.35 bits per heavy atom. The molecule has 0 fully saturated rings. The number of aryl methyl sites for hydroxylation is 1. The van der Waals surface area contributed by atoms with Crippen molar-refractivity contribution in [1.82, 2.24) is 19.7 Å². The number of alkyl halides is 3. The molecular weight excluding hydrogens is 560 g/mol. The molecule has 1 heterocycles. The smallest absolute Gasteiger partial charge is 0.302 e. The van der Waals surface area contributed by atoms with Crippen molar-refractivity contribution in [2.45, 2.75) is 37.4 Å². The molecule has 0 unspecified atom stereocenters. The zero-order valence-electron chi connectivity index (χ0n) is 22.1. The van der Waals surface area contributed by atoms with Gasteiger partial charge >= 0.3 is 12.1 Å². The van der Waals surface area contributed by atoms with Gasteiger partial charge in [0.1, 0.15) is 5.82 Å². The Balaban J connectivity index is 1.86. The molecule has 1 aromatic heterocycles. The van der Waals surface area contributed by atoms with Gasteiger partial charge in [-0.25, -0.2) is 22.9 Å². The number of halogens is 4. The number of carbonyl (C=O) groups excluding carboxylic acids is 1. The highest BCUT2D eigenvalue weighted by Crippen LogP contribution is 2.27. The number of hydroxylamine groups is 4. The van der Waals surface area contributed by atoms with Crippen molar-refractivity contribution in [1.29, 1.82) is 0 Å². The number of hydrogen-bond donors (Lipinski definition) is 1. The maximum absolute atomic E-state index is 14.6. The van der Waals surface area contributed by atoms with Crippen LogP contribution in [-0.4, -0.2) is 77.1 Å². The minimum Gasteiger partial charge on any atom is -0.302 e. The van der Waals surface area contributed by atoms with Gasteiger partial charge in [0.05, 0.1) is 42.2 Å². The van der Waals surface area contributed by atoms with Gasteiger partial charge in [-0.3, -0.25) is 19.4 Å². The second-order valence-corrected chi connectivity index (χ2v) is 12.1. The fraction of sp³-hybridized carbons (Fsp3) is 0.400. The van der Waals surface area contributed by atoms with Gasteiger partial charge in [0, 0.05) is 25.4 Å². The molecule has 15 heteroatoms. The minimum atomic E-state index is -5.40. The first-order valence-electron chi connectivity index (χ1n) is 11.8. The summed E-state index contributed by atoms with van der Waals surface area (Å²) in [7, 11) is -0.985. The first-order valence-corrected chi connectivity index (χ1v) is 13.7. The van der Waals surface area contributed by atoms with Crippen LogP contribution >= 0.6 is 0 Å². The molecule has 40 heavy (non-hydrogen) atoms. The SMILES string of the molecule is CON(C)Cc1ccc(-c2ccc3c(=O)n(CC[C@](C)(CN(O)C(=O)C(F)(F)F)S(C)(=O)=O)cnc3c2)cc1F. The van der Waals surface area contributed by atoms with Crippen LogP contribution in [-0.2, 0) is 32.6 Å². The van der Waals surface area contributed by atoms with Crippen LogP contribution in [0.1, 0.15) is 18.9 Å². The summed E-state index contributed by atoms with van der Waals surface area (Å²) < 4.78 is 76.5. The molecule has 0 saturated carbocycles. The summed E-state index contributed by atoms with van der Waals surface area (Å²) in [6.45, 7) is -0.155. The number of sulfone groups is 1. The zero-order chi connectivity index (χ0) is 30.0. The molecule has 1 atom stereocenters. The van der Waals surface area contributed by atoms with Crippen LogP contribution in [0.2, 0.25) is 0 Å². The van der Waals surface area contributed by atoms with Crippen LogP contribution in [0.3, 0.4) is 0 Å². The van der Waals surface area contributed by atoms with E-state index in [1.807, 2.05) is 0 Å². The highest BCUT2D eigenvalue weighted by atomic mass is 32.2. The van der Waals surface area contributed by atoms with Gasteiger partial charge in [0.2, 0.25) is 0 Å². The topological polar surface area (TPSA) is 122 Å². The van der Waals surface area contributed by atoms with Gasteiger partial charge < -0.3 is 4.84 Å². The van der Waals surface area contributed by atoms with Crippen LogP contribution in [0, 0.1) is 5.82 Å². The van der Waals surface area contributed by atoms with Crippen molar-refractivity contribution in [3.8, 4) is 11.1 Å². The van der Waals surface area contributed by atoms with Crippen LogP contribution in [0.4, 0.5) is 17.6 Å². The minimum absolute atomic E-state index is 0.169. The number of carbonyl (C=O) groups is 1. The van der Waals surface area contributed by atoms with Crippen molar-refractivity contribution in [2.75, 3.05) is 27.0 Å². The summed E-state index contributed by atoms with van der Waals surface area (Å²) in [6, 6.07) is 9.34. The van der Waals surface area contributed by atoms with Crippen LogP contribution in [0.15, 0.2) is 47.5 Å². The van der Waals surface area contributed by atoms with Crippen molar-refractivity contribution in [3.05, 3.63) is 64.5 Å². The second-order valence-electron chi connectivity index (χ2n) is 9.58. The Bertz CT molecular complexity index is 1580. The van der Waals surface area contributed by atoms with Gasteiger partial charge in [-0.05, 0) is 42.7 Å². The summed E-state index contributed by atoms with van der Waals surface area (Å²) in [5.74, 6) is -3.06. The summed E-state index contributed by atoms with van der Waals surface area (Å²) in [5, 5.41) is 10.6. The Kier molecular flexibility index (Phi) is 9.03. The van der Waals surface area contributed by atoms with E-state index >= 15 is 0 Å². The quantitative estimate of drug-likeness (QED) is 0.218. The van der Waals surface area contributed by atoms with E-state index in [4.69, 9.17) is 4.84 Å². The normalized spacial score (nSPS) is 13.9. The van der Waals surface area contributed by atoms with Gasteiger partial charge in [-0.15, -0.1) is 0 Å². The molecule has 0 saturated heterocycles. The van der Waals surface area contributed by atoms with Crippen LogP contribution < -0.4 is 5.56 Å². The summed E-state index contributed by atoms with van der Waals surface area (Å²) in [5.41, 5.74) is 1.28. The van der Waals surface area contributed by atoms with E-state index < -0.39 is 56.1 Å². The number of nitrogens with zero attached hydrogens (tertiary/aromatic N) is 4. The lowest BCUT2D eigenvalue weighted by Crippen LogP contribution is -2.51. The van der Waals surface area contributed by atoms with Crippen molar-refractivity contribution in [2.24, 2.45) is 0 Å². The van der Waals surface area contributed by atoms with Gasteiger partial charge in [-0.1, -0.05) is 18.2 Å². The lowest BCUT2D eigenvalue weighted by atomic mass is 10.0. The van der Waals surface area contributed by atoms with Gasteiger partial charge in [0.25, 0.3) is 5.56 Å². The average Bonchev–Trinajstić information content (AvgIpc) is 2.87.